The Morgan fingerprint density at radius 2 is 1.97 bits per heavy atom. The van der Waals surface area contributed by atoms with Crippen molar-refractivity contribution in [2.45, 2.75) is 24.9 Å². The highest BCUT2D eigenvalue weighted by molar-refractivity contribution is 5.85. The smallest absolute Gasteiger partial charge is 0.150 e. The van der Waals surface area contributed by atoms with Crippen LogP contribution in [0.25, 0.3) is 16.8 Å². The van der Waals surface area contributed by atoms with Gasteiger partial charge in [-0.05, 0) is 51.2 Å². The van der Waals surface area contributed by atoms with Gasteiger partial charge in [0.1, 0.15) is 40.2 Å². The van der Waals surface area contributed by atoms with Gasteiger partial charge >= 0.3 is 0 Å². The molecule has 2 N–H and O–H groups in total. The largest absolute Gasteiger partial charge is 0.457 e. The molecule has 0 spiro atoms. The number of nitrogens with zero attached hydrogens (tertiary/aromatic N) is 4. The standard InChI is InChI=1S/C26H28FN5O2/c1-31(2)15-20-9-8-17(16-33-20)26-30-23(24-25(28)29-12-13-32(24)26)21-11-10-19(14-22(21)27)34-18-6-4-3-5-7-18/h3-7,10-14,17,20H,8-9,15-16H2,1-2H3,(H2,28,29). The highest BCUT2D eigenvalue weighted by atomic mass is 19.1. The summed E-state index contributed by atoms with van der Waals surface area (Å²) in [4.78, 5) is 11.2. The molecule has 176 valence electrons. The molecule has 1 saturated heterocycles. The Bertz CT molecular complexity index is 1280. The van der Waals surface area contributed by atoms with Crippen LogP contribution in [0.15, 0.2) is 60.9 Å². The molecule has 1 aliphatic rings. The molecule has 2 aromatic heterocycles. The first-order valence-electron chi connectivity index (χ1n) is 11.4. The van der Waals surface area contributed by atoms with Crippen LogP contribution < -0.4 is 10.5 Å². The van der Waals surface area contributed by atoms with Gasteiger partial charge in [0.2, 0.25) is 0 Å². The predicted octanol–water partition coefficient (Wildman–Crippen LogP) is 4.73. The van der Waals surface area contributed by atoms with Gasteiger partial charge in [-0.3, -0.25) is 4.40 Å². The van der Waals surface area contributed by atoms with Crippen LogP contribution in [0.4, 0.5) is 10.2 Å². The number of para-hydroxylation sites is 1. The van der Waals surface area contributed by atoms with Gasteiger partial charge in [0.15, 0.2) is 0 Å². The average molecular weight is 462 g/mol. The molecule has 3 heterocycles. The molecule has 0 radical (unpaired) electrons. The first-order valence-corrected chi connectivity index (χ1v) is 11.4. The van der Waals surface area contributed by atoms with Crippen LogP contribution in [0, 0.1) is 5.82 Å². The molecule has 4 aromatic rings. The lowest BCUT2D eigenvalue weighted by Gasteiger charge is -2.30. The van der Waals surface area contributed by atoms with Crippen LogP contribution in [-0.4, -0.2) is 52.6 Å². The maximum absolute atomic E-state index is 15.3. The highest BCUT2D eigenvalue weighted by Gasteiger charge is 2.29. The van der Waals surface area contributed by atoms with Gasteiger partial charge in [-0.15, -0.1) is 0 Å². The van der Waals surface area contributed by atoms with Crippen LogP contribution >= 0.6 is 0 Å². The van der Waals surface area contributed by atoms with Crippen molar-refractivity contribution in [2.24, 2.45) is 0 Å². The number of aromatic nitrogens is 3. The van der Waals surface area contributed by atoms with Gasteiger partial charge in [0.25, 0.3) is 0 Å². The van der Waals surface area contributed by atoms with Crippen LogP contribution in [-0.2, 0) is 4.74 Å². The lowest BCUT2D eigenvalue weighted by Crippen LogP contribution is -2.34. The fraction of sp³-hybridized carbons (Fsp3) is 0.308. The van der Waals surface area contributed by atoms with E-state index in [0.29, 0.717) is 40.7 Å². The van der Waals surface area contributed by atoms with Crippen LogP contribution in [0.2, 0.25) is 0 Å². The Kier molecular flexibility index (Phi) is 6.17. The third-order valence-corrected chi connectivity index (χ3v) is 6.09. The molecule has 5 rings (SSSR count). The average Bonchev–Trinajstić information content (AvgIpc) is 3.21. The zero-order valence-corrected chi connectivity index (χ0v) is 19.3. The minimum atomic E-state index is -0.436. The molecule has 2 unspecified atom stereocenters. The number of likely N-dealkylation sites (N-methyl/N-ethyl adjacent to an activating group) is 1. The molecule has 0 saturated carbocycles. The van der Waals surface area contributed by atoms with E-state index in [0.717, 1.165) is 25.2 Å². The third kappa shape index (κ3) is 4.47. The van der Waals surface area contributed by atoms with Gasteiger partial charge in [0, 0.05) is 36.5 Å². The molecule has 0 amide bonds. The topological polar surface area (TPSA) is 77.9 Å². The van der Waals surface area contributed by atoms with E-state index in [1.54, 1.807) is 18.3 Å². The summed E-state index contributed by atoms with van der Waals surface area (Å²) >= 11 is 0. The van der Waals surface area contributed by atoms with Crippen LogP contribution in [0.1, 0.15) is 24.6 Å². The number of nitrogens with two attached hydrogens (primary N) is 1. The SMILES string of the molecule is CN(C)CC1CCC(c2nc(-c3ccc(Oc4ccccc4)cc3F)c3c(N)nccn23)CO1. The lowest BCUT2D eigenvalue weighted by atomic mass is 9.97. The number of hydrogen-bond donors (Lipinski definition) is 1. The lowest BCUT2D eigenvalue weighted by molar-refractivity contribution is -0.0104. The summed E-state index contributed by atoms with van der Waals surface area (Å²) in [5, 5.41) is 0. The molecular weight excluding hydrogens is 433 g/mol. The maximum Gasteiger partial charge on any atom is 0.150 e. The Morgan fingerprint density at radius 3 is 2.68 bits per heavy atom. The molecule has 2 atom stereocenters. The Morgan fingerprint density at radius 1 is 1.15 bits per heavy atom. The second kappa shape index (κ2) is 9.40. The van der Waals surface area contributed by atoms with Gasteiger partial charge < -0.3 is 20.1 Å². The summed E-state index contributed by atoms with van der Waals surface area (Å²) < 4.78 is 29.1. The fourth-order valence-corrected chi connectivity index (χ4v) is 4.50. The summed E-state index contributed by atoms with van der Waals surface area (Å²) in [5.41, 5.74) is 7.67. The van der Waals surface area contributed by atoms with E-state index in [1.807, 2.05) is 55.0 Å². The number of fused-ring (bicyclic) bond motifs is 1. The monoisotopic (exact) mass is 461 g/mol. The van der Waals surface area contributed by atoms with E-state index in [2.05, 4.69) is 9.88 Å². The van der Waals surface area contributed by atoms with Crippen molar-refractivity contribution < 1.29 is 13.9 Å². The Labute approximate surface area is 198 Å². The second-order valence-electron chi connectivity index (χ2n) is 8.90. The number of imidazole rings is 1. The predicted molar refractivity (Wildman–Crippen MR) is 130 cm³/mol. The van der Waals surface area contributed by atoms with Crippen LogP contribution in [0.5, 0.6) is 11.5 Å². The van der Waals surface area contributed by atoms with Crippen molar-refractivity contribution in [3.05, 3.63) is 72.6 Å². The molecule has 0 bridgehead atoms. The second-order valence-corrected chi connectivity index (χ2v) is 8.90. The number of benzene rings is 2. The molecular formula is C26H28FN5O2. The normalized spacial score (nSPS) is 18.5. The minimum absolute atomic E-state index is 0.0882. The summed E-state index contributed by atoms with van der Waals surface area (Å²) in [6.07, 6.45) is 5.55. The van der Waals surface area contributed by atoms with Crippen molar-refractivity contribution in [2.75, 3.05) is 33.0 Å². The van der Waals surface area contributed by atoms with Crippen molar-refractivity contribution in [3.8, 4) is 22.8 Å². The molecule has 2 aromatic carbocycles. The van der Waals surface area contributed by atoms with E-state index in [-0.39, 0.29) is 12.0 Å². The summed E-state index contributed by atoms with van der Waals surface area (Å²) in [6.45, 7) is 1.45. The number of anilines is 1. The maximum atomic E-state index is 15.3. The molecule has 1 aliphatic heterocycles. The molecule has 0 aliphatic carbocycles. The quantitative estimate of drug-likeness (QED) is 0.447. The highest BCUT2D eigenvalue weighted by Crippen LogP contribution is 2.36. The molecule has 34 heavy (non-hydrogen) atoms. The number of hydrogen-bond acceptors (Lipinski definition) is 6. The van der Waals surface area contributed by atoms with Crippen molar-refractivity contribution in [1.82, 2.24) is 19.3 Å². The van der Waals surface area contributed by atoms with Gasteiger partial charge in [-0.25, -0.2) is 14.4 Å². The summed E-state index contributed by atoms with van der Waals surface area (Å²) in [7, 11) is 4.09. The third-order valence-electron chi connectivity index (χ3n) is 6.09. The van der Waals surface area contributed by atoms with E-state index in [1.165, 1.54) is 6.07 Å². The first kappa shape index (κ1) is 22.3. The fourth-order valence-electron chi connectivity index (χ4n) is 4.50. The van der Waals surface area contributed by atoms with Crippen molar-refractivity contribution in [3.63, 3.8) is 0 Å². The van der Waals surface area contributed by atoms with Crippen molar-refractivity contribution in [1.29, 1.82) is 0 Å². The summed E-state index contributed by atoms with van der Waals surface area (Å²) in [6, 6.07) is 14.1. The van der Waals surface area contributed by atoms with Gasteiger partial charge in [-0.2, -0.15) is 0 Å². The minimum Gasteiger partial charge on any atom is -0.457 e. The van der Waals surface area contributed by atoms with E-state index in [9.17, 15) is 0 Å². The van der Waals surface area contributed by atoms with Gasteiger partial charge in [0.05, 0.1) is 12.7 Å². The zero-order valence-electron chi connectivity index (χ0n) is 19.3. The number of ether oxygens (including phenoxy) is 2. The number of nitrogen functional groups attached to an aromatic ring is 1. The van der Waals surface area contributed by atoms with Crippen LogP contribution in [0.3, 0.4) is 0 Å². The zero-order chi connectivity index (χ0) is 23.7. The van der Waals surface area contributed by atoms with Crippen molar-refractivity contribution >= 4 is 11.3 Å². The number of halogens is 1. The van der Waals surface area contributed by atoms with Gasteiger partial charge in [-0.1, -0.05) is 18.2 Å². The Balaban J connectivity index is 1.47. The first-order chi connectivity index (χ1) is 16.5. The molecule has 8 heteroatoms. The van der Waals surface area contributed by atoms with E-state index >= 15 is 4.39 Å². The van der Waals surface area contributed by atoms with E-state index < -0.39 is 5.82 Å². The van der Waals surface area contributed by atoms with E-state index in [4.69, 9.17) is 20.2 Å². The molecule has 1 fully saturated rings. The molecule has 7 nitrogen and oxygen atoms in total. The summed E-state index contributed by atoms with van der Waals surface area (Å²) in [5.74, 6) is 1.82. The number of rotatable bonds is 6. The Hall–Kier alpha value is -3.49.